The zero-order chi connectivity index (χ0) is 14.4. The second kappa shape index (κ2) is 7.38. The molecule has 0 spiro atoms. The van der Waals surface area contributed by atoms with Crippen LogP contribution >= 0.6 is 0 Å². The Morgan fingerprint density at radius 2 is 1.90 bits per heavy atom. The van der Waals surface area contributed by atoms with Crippen molar-refractivity contribution in [3.63, 3.8) is 0 Å². The molecule has 2 aliphatic rings. The number of ether oxygens (including phenoxy) is 1. The Kier molecular flexibility index (Phi) is 5.81. The van der Waals surface area contributed by atoms with Gasteiger partial charge in [0.2, 0.25) is 5.91 Å². The molecule has 1 saturated heterocycles. The molecule has 5 heteroatoms. The maximum atomic E-state index is 13.0. The van der Waals surface area contributed by atoms with Gasteiger partial charge in [0.1, 0.15) is 0 Å². The van der Waals surface area contributed by atoms with Crippen LogP contribution in [-0.2, 0) is 9.53 Å². The summed E-state index contributed by atoms with van der Waals surface area (Å²) >= 11 is 0. The number of aliphatic hydroxyl groups excluding tert-OH is 1. The van der Waals surface area contributed by atoms with Gasteiger partial charge in [0.25, 0.3) is 0 Å². The van der Waals surface area contributed by atoms with Crippen LogP contribution in [0.2, 0.25) is 0 Å². The average molecular weight is 284 g/mol. The molecule has 1 amide bonds. The lowest BCUT2D eigenvalue weighted by Crippen LogP contribution is -2.54. The van der Waals surface area contributed by atoms with Crippen LogP contribution in [0, 0.1) is 5.41 Å². The Morgan fingerprint density at radius 3 is 2.45 bits per heavy atom. The van der Waals surface area contributed by atoms with E-state index in [1.807, 2.05) is 4.90 Å². The molecular formula is C15H28N2O3. The number of amides is 1. The second-order valence-corrected chi connectivity index (χ2v) is 6.11. The van der Waals surface area contributed by atoms with Gasteiger partial charge in [0.15, 0.2) is 0 Å². The quantitative estimate of drug-likeness (QED) is 0.786. The highest BCUT2D eigenvalue weighted by Gasteiger charge is 2.43. The van der Waals surface area contributed by atoms with Gasteiger partial charge < -0.3 is 20.5 Å². The summed E-state index contributed by atoms with van der Waals surface area (Å²) < 4.78 is 5.39. The van der Waals surface area contributed by atoms with Crippen LogP contribution < -0.4 is 5.73 Å². The number of carbonyl (C=O) groups excluding carboxylic acids is 1. The molecular weight excluding hydrogens is 256 g/mol. The number of aliphatic hydroxyl groups is 1. The number of hydrogen-bond acceptors (Lipinski definition) is 4. The fourth-order valence-corrected chi connectivity index (χ4v) is 3.52. The standard InChI is InChI=1S/C15H28N2O3/c16-12-15(6-10-20-11-7-15)14(19)17(8-9-18)13-4-2-1-3-5-13/h13,18H,1-12,16H2. The molecule has 1 aliphatic carbocycles. The van der Waals surface area contributed by atoms with Gasteiger partial charge in [-0.15, -0.1) is 0 Å². The van der Waals surface area contributed by atoms with E-state index in [-0.39, 0.29) is 18.6 Å². The first-order valence-electron chi connectivity index (χ1n) is 7.93. The van der Waals surface area contributed by atoms with E-state index < -0.39 is 5.41 Å². The van der Waals surface area contributed by atoms with Crippen molar-refractivity contribution >= 4 is 5.91 Å². The lowest BCUT2D eigenvalue weighted by atomic mass is 9.78. The third-order valence-electron chi connectivity index (χ3n) is 4.91. The fraction of sp³-hybridized carbons (Fsp3) is 0.933. The lowest BCUT2D eigenvalue weighted by molar-refractivity contribution is -0.151. The van der Waals surface area contributed by atoms with Crippen molar-refractivity contribution in [2.24, 2.45) is 11.1 Å². The van der Waals surface area contributed by atoms with E-state index in [9.17, 15) is 9.90 Å². The molecule has 2 rings (SSSR count). The predicted molar refractivity (Wildman–Crippen MR) is 77.2 cm³/mol. The summed E-state index contributed by atoms with van der Waals surface area (Å²) in [4.78, 5) is 14.9. The zero-order valence-electron chi connectivity index (χ0n) is 12.4. The van der Waals surface area contributed by atoms with Gasteiger partial charge in [-0.1, -0.05) is 19.3 Å². The Balaban J connectivity index is 2.11. The normalized spacial score (nSPS) is 23.5. The number of rotatable bonds is 5. The van der Waals surface area contributed by atoms with Crippen molar-refractivity contribution in [2.75, 3.05) is 32.9 Å². The minimum atomic E-state index is -0.467. The van der Waals surface area contributed by atoms with Crippen LogP contribution in [0.4, 0.5) is 0 Å². The Hall–Kier alpha value is -0.650. The first-order valence-corrected chi connectivity index (χ1v) is 7.93. The topological polar surface area (TPSA) is 75.8 Å². The van der Waals surface area contributed by atoms with Gasteiger partial charge in [0.05, 0.1) is 12.0 Å². The third-order valence-corrected chi connectivity index (χ3v) is 4.91. The summed E-state index contributed by atoms with van der Waals surface area (Å²) in [5, 5.41) is 9.32. The summed E-state index contributed by atoms with van der Waals surface area (Å²) in [6, 6.07) is 0.287. The van der Waals surface area contributed by atoms with Gasteiger partial charge in [-0.2, -0.15) is 0 Å². The lowest BCUT2D eigenvalue weighted by Gasteiger charge is -2.42. The SMILES string of the molecule is NCC1(C(=O)N(CCO)C2CCCCC2)CCOCC1. The summed E-state index contributed by atoms with van der Waals surface area (Å²) in [6.07, 6.45) is 7.14. The molecule has 20 heavy (non-hydrogen) atoms. The molecule has 0 radical (unpaired) electrons. The molecule has 0 aromatic heterocycles. The number of nitrogens with two attached hydrogens (primary N) is 1. The molecule has 1 saturated carbocycles. The zero-order valence-corrected chi connectivity index (χ0v) is 12.4. The molecule has 0 atom stereocenters. The highest BCUT2D eigenvalue weighted by atomic mass is 16.5. The molecule has 0 bridgehead atoms. The smallest absolute Gasteiger partial charge is 0.230 e. The summed E-state index contributed by atoms with van der Waals surface area (Å²) in [5.74, 6) is 0.143. The third kappa shape index (κ3) is 3.32. The molecule has 0 aromatic carbocycles. The molecule has 0 aromatic rings. The van der Waals surface area contributed by atoms with Crippen LogP contribution in [0.5, 0.6) is 0 Å². The molecule has 3 N–H and O–H groups in total. The first kappa shape index (κ1) is 15.7. The summed E-state index contributed by atoms with van der Waals surface area (Å²) in [7, 11) is 0. The minimum Gasteiger partial charge on any atom is -0.395 e. The highest BCUT2D eigenvalue weighted by Crippen LogP contribution is 2.34. The minimum absolute atomic E-state index is 0.0272. The maximum absolute atomic E-state index is 13.0. The van der Waals surface area contributed by atoms with Gasteiger partial charge in [-0.05, 0) is 25.7 Å². The van der Waals surface area contributed by atoms with E-state index in [0.717, 1.165) is 12.8 Å². The Morgan fingerprint density at radius 1 is 1.25 bits per heavy atom. The van der Waals surface area contributed by atoms with Crippen molar-refractivity contribution in [2.45, 2.75) is 51.0 Å². The average Bonchev–Trinajstić information content (AvgIpc) is 2.53. The Labute approximate surface area is 121 Å². The second-order valence-electron chi connectivity index (χ2n) is 6.11. The molecule has 0 unspecified atom stereocenters. The van der Waals surface area contributed by atoms with Crippen molar-refractivity contribution < 1.29 is 14.6 Å². The monoisotopic (exact) mass is 284 g/mol. The first-order chi connectivity index (χ1) is 9.73. The number of carbonyl (C=O) groups is 1. The van der Waals surface area contributed by atoms with Crippen molar-refractivity contribution in [3.8, 4) is 0 Å². The molecule has 2 fully saturated rings. The van der Waals surface area contributed by atoms with Gasteiger partial charge in [-0.25, -0.2) is 0 Å². The highest BCUT2D eigenvalue weighted by molar-refractivity contribution is 5.83. The molecule has 1 aliphatic heterocycles. The molecule has 1 heterocycles. The van der Waals surface area contributed by atoms with Crippen molar-refractivity contribution in [3.05, 3.63) is 0 Å². The fourth-order valence-electron chi connectivity index (χ4n) is 3.52. The Bertz CT molecular complexity index is 310. The van der Waals surface area contributed by atoms with E-state index in [0.29, 0.717) is 39.1 Å². The maximum Gasteiger partial charge on any atom is 0.230 e. The van der Waals surface area contributed by atoms with Crippen LogP contribution in [0.25, 0.3) is 0 Å². The number of nitrogens with zero attached hydrogens (tertiary/aromatic N) is 1. The van der Waals surface area contributed by atoms with Crippen molar-refractivity contribution in [1.82, 2.24) is 4.90 Å². The van der Waals surface area contributed by atoms with E-state index in [1.54, 1.807) is 0 Å². The predicted octanol–water partition coefficient (Wildman–Crippen LogP) is 0.895. The van der Waals surface area contributed by atoms with E-state index >= 15 is 0 Å². The van der Waals surface area contributed by atoms with E-state index in [4.69, 9.17) is 10.5 Å². The number of hydrogen-bond donors (Lipinski definition) is 2. The van der Waals surface area contributed by atoms with Gasteiger partial charge in [0, 0.05) is 32.3 Å². The summed E-state index contributed by atoms with van der Waals surface area (Å²) in [6.45, 7) is 2.07. The summed E-state index contributed by atoms with van der Waals surface area (Å²) in [5.41, 5.74) is 5.47. The van der Waals surface area contributed by atoms with Gasteiger partial charge in [-0.3, -0.25) is 4.79 Å². The largest absolute Gasteiger partial charge is 0.395 e. The van der Waals surface area contributed by atoms with Gasteiger partial charge >= 0.3 is 0 Å². The van der Waals surface area contributed by atoms with Crippen LogP contribution in [0.3, 0.4) is 0 Å². The van der Waals surface area contributed by atoms with Crippen molar-refractivity contribution in [1.29, 1.82) is 0 Å². The van der Waals surface area contributed by atoms with Crippen LogP contribution in [0.15, 0.2) is 0 Å². The van der Waals surface area contributed by atoms with Crippen LogP contribution in [-0.4, -0.2) is 54.9 Å². The molecule has 5 nitrogen and oxygen atoms in total. The van der Waals surface area contributed by atoms with E-state index in [2.05, 4.69) is 0 Å². The molecule has 116 valence electrons. The van der Waals surface area contributed by atoms with E-state index in [1.165, 1.54) is 19.3 Å². The van der Waals surface area contributed by atoms with Crippen LogP contribution in [0.1, 0.15) is 44.9 Å².